The van der Waals surface area contributed by atoms with Crippen LogP contribution in [-0.4, -0.2) is 21.9 Å². The lowest BCUT2D eigenvalue weighted by molar-refractivity contribution is -0.131. The first-order valence-electron chi connectivity index (χ1n) is 8.19. The number of allylic oxidation sites excluding steroid dienone is 3. The fourth-order valence-electron chi connectivity index (χ4n) is 3.84. The number of carboxylic acid groups (broad SMARTS) is 1. The first-order valence-corrected chi connectivity index (χ1v) is 8.19. The van der Waals surface area contributed by atoms with Crippen LogP contribution in [0.2, 0.25) is 0 Å². The first kappa shape index (κ1) is 17.3. The van der Waals surface area contributed by atoms with E-state index in [9.17, 15) is 18.4 Å². The molecule has 6 heteroatoms. The fraction of sp³-hybridized carbons (Fsp3) is 0.368. The minimum absolute atomic E-state index is 0.0784. The Hall–Kier alpha value is -2.50. The number of rotatable bonds is 4. The highest BCUT2D eigenvalue weighted by atomic mass is 19.2. The van der Waals surface area contributed by atoms with E-state index in [-0.39, 0.29) is 17.9 Å². The molecular weight excluding hydrogens is 328 g/mol. The number of nitrogens with zero attached hydrogens (tertiary/aromatic N) is 1. The Morgan fingerprint density at radius 1 is 1.36 bits per heavy atom. The van der Waals surface area contributed by atoms with Crippen LogP contribution in [0.15, 0.2) is 41.6 Å². The van der Waals surface area contributed by atoms with Gasteiger partial charge in [0.1, 0.15) is 0 Å². The molecule has 1 fully saturated rings. The third kappa shape index (κ3) is 3.34. The Bertz CT molecular complexity index is 800. The molecule has 1 aliphatic heterocycles. The number of carbonyl (C=O) groups excluding carboxylic acids is 1. The van der Waals surface area contributed by atoms with Gasteiger partial charge in [-0.15, -0.1) is 0 Å². The molecule has 1 heterocycles. The van der Waals surface area contributed by atoms with Crippen molar-refractivity contribution in [2.24, 2.45) is 5.41 Å². The molecule has 1 unspecified atom stereocenters. The highest BCUT2D eigenvalue weighted by molar-refractivity contribution is 5.84. The highest BCUT2D eigenvalue weighted by Gasteiger charge is 2.46. The second-order valence-electron chi connectivity index (χ2n) is 6.86. The predicted octanol–water partition coefficient (Wildman–Crippen LogP) is 3.78. The summed E-state index contributed by atoms with van der Waals surface area (Å²) in [7, 11) is 0. The van der Waals surface area contributed by atoms with Crippen LogP contribution in [0.5, 0.6) is 0 Å². The molecule has 132 valence electrons. The number of hydrogen-bond acceptors (Lipinski definition) is 2. The summed E-state index contributed by atoms with van der Waals surface area (Å²) in [6, 6.07) is 3.59. The molecule has 1 aliphatic carbocycles. The molecular formula is C19H19F2NO3. The van der Waals surface area contributed by atoms with Crippen molar-refractivity contribution >= 4 is 11.9 Å². The molecule has 1 atom stereocenters. The van der Waals surface area contributed by atoms with Crippen molar-refractivity contribution in [2.45, 2.75) is 39.2 Å². The number of amides is 1. The van der Waals surface area contributed by atoms with Gasteiger partial charge >= 0.3 is 5.97 Å². The molecule has 0 aromatic heterocycles. The number of carbonyl (C=O) groups is 2. The third-order valence-electron chi connectivity index (χ3n) is 4.91. The van der Waals surface area contributed by atoms with Gasteiger partial charge < -0.3 is 10.0 Å². The normalized spacial score (nSPS) is 23.5. The van der Waals surface area contributed by atoms with E-state index in [0.717, 1.165) is 42.3 Å². The molecule has 25 heavy (non-hydrogen) atoms. The Morgan fingerprint density at radius 2 is 2.12 bits per heavy atom. The summed E-state index contributed by atoms with van der Waals surface area (Å²) in [5.74, 6) is -3.00. The van der Waals surface area contributed by atoms with Gasteiger partial charge in [0, 0.05) is 23.6 Å². The standard InChI is InChI=1S/C19H19F2NO3/c1-19-8-2-3-13(5-7-17(24)25)18(19)22(16(23)10-19)11-12-4-6-14(20)15(21)9-12/h4-7,9H,2-3,8,10-11H2,1H3,(H,24,25). The molecule has 1 aromatic rings. The maximum absolute atomic E-state index is 13.5. The van der Waals surface area contributed by atoms with E-state index in [2.05, 4.69) is 0 Å². The van der Waals surface area contributed by atoms with Crippen molar-refractivity contribution in [2.75, 3.05) is 0 Å². The van der Waals surface area contributed by atoms with Crippen molar-refractivity contribution in [3.63, 3.8) is 0 Å². The van der Waals surface area contributed by atoms with Crippen LogP contribution in [0, 0.1) is 17.0 Å². The van der Waals surface area contributed by atoms with Gasteiger partial charge in [-0.25, -0.2) is 13.6 Å². The molecule has 4 nitrogen and oxygen atoms in total. The monoisotopic (exact) mass is 347 g/mol. The summed E-state index contributed by atoms with van der Waals surface area (Å²) < 4.78 is 26.6. The zero-order valence-corrected chi connectivity index (χ0v) is 13.9. The SMILES string of the molecule is CC12CCCC(C=CC(=O)O)=C1N(Cc1ccc(F)c(F)c1)C(=O)C2. The van der Waals surface area contributed by atoms with E-state index >= 15 is 0 Å². The van der Waals surface area contributed by atoms with Gasteiger partial charge in [0.2, 0.25) is 5.91 Å². The van der Waals surface area contributed by atoms with Gasteiger partial charge in [-0.2, -0.15) is 0 Å². The lowest BCUT2D eigenvalue weighted by Gasteiger charge is -2.34. The third-order valence-corrected chi connectivity index (χ3v) is 4.91. The minimum Gasteiger partial charge on any atom is -0.478 e. The van der Waals surface area contributed by atoms with Gasteiger partial charge in [-0.1, -0.05) is 19.1 Å². The topological polar surface area (TPSA) is 57.6 Å². The lowest BCUT2D eigenvalue weighted by Crippen LogP contribution is -2.28. The molecule has 1 N–H and O–H groups in total. The predicted molar refractivity (Wildman–Crippen MR) is 87.3 cm³/mol. The van der Waals surface area contributed by atoms with Crippen LogP contribution in [0.3, 0.4) is 0 Å². The van der Waals surface area contributed by atoms with Gasteiger partial charge in [-0.3, -0.25) is 4.79 Å². The maximum atomic E-state index is 13.5. The Morgan fingerprint density at radius 3 is 2.80 bits per heavy atom. The van der Waals surface area contributed by atoms with Crippen LogP contribution >= 0.6 is 0 Å². The average Bonchev–Trinajstić information content (AvgIpc) is 2.79. The second-order valence-corrected chi connectivity index (χ2v) is 6.86. The molecule has 0 saturated carbocycles. The van der Waals surface area contributed by atoms with Gasteiger partial charge in [0.15, 0.2) is 11.6 Å². The fourth-order valence-corrected chi connectivity index (χ4v) is 3.84. The van der Waals surface area contributed by atoms with Crippen LogP contribution in [0.25, 0.3) is 0 Å². The zero-order chi connectivity index (χ0) is 18.2. The molecule has 3 rings (SSSR count). The Labute approximate surface area is 144 Å². The Kier molecular flexibility index (Phi) is 4.45. The second kappa shape index (κ2) is 6.43. The van der Waals surface area contributed by atoms with Crippen molar-refractivity contribution in [3.8, 4) is 0 Å². The first-order chi connectivity index (χ1) is 11.8. The maximum Gasteiger partial charge on any atom is 0.328 e. The molecule has 2 aliphatic rings. The van der Waals surface area contributed by atoms with Crippen molar-refractivity contribution in [1.82, 2.24) is 4.90 Å². The summed E-state index contributed by atoms with van der Waals surface area (Å²) in [5, 5.41) is 8.89. The molecule has 1 aromatic carbocycles. The molecule has 0 spiro atoms. The van der Waals surface area contributed by atoms with Crippen molar-refractivity contribution in [1.29, 1.82) is 0 Å². The van der Waals surface area contributed by atoms with E-state index < -0.39 is 17.6 Å². The quantitative estimate of drug-likeness (QED) is 0.843. The Balaban J connectivity index is 2.00. The van der Waals surface area contributed by atoms with Crippen LogP contribution < -0.4 is 0 Å². The van der Waals surface area contributed by atoms with E-state index in [1.54, 1.807) is 11.0 Å². The number of likely N-dealkylation sites (tertiary alicyclic amines) is 1. The number of fused-ring (bicyclic) bond motifs is 1. The van der Waals surface area contributed by atoms with E-state index in [0.29, 0.717) is 18.4 Å². The number of benzene rings is 1. The van der Waals surface area contributed by atoms with Gasteiger partial charge in [-0.05, 0) is 42.5 Å². The molecule has 1 saturated heterocycles. The number of halogens is 2. The van der Waals surface area contributed by atoms with Crippen molar-refractivity contribution < 1.29 is 23.5 Å². The number of hydrogen-bond donors (Lipinski definition) is 1. The molecule has 0 bridgehead atoms. The summed E-state index contributed by atoms with van der Waals surface area (Å²) in [6.45, 7) is 2.14. The smallest absolute Gasteiger partial charge is 0.328 e. The summed E-state index contributed by atoms with van der Waals surface area (Å²) in [4.78, 5) is 25.0. The zero-order valence-electron chi connectivity index (χ0n) is 13.9. The summed E-state index contributed by atoms with van der Waals surface area (Å²) in [6.07, 6.45) is 5.38. The number of aliphatic carboxylic acids is 1. The van der Waals surface area contributed by atoms with Crippen LogP contribution in [-0.2, 0) is 16.1 Å². The van der Waals surface area contributed by atoms with E-state index in [1.165, 1.54) is 6.07 Å². The summed E-state index contributed by atoms with van der Waals surface area (Å²) in [5.41, 5.74) is 1.79. The summed E-state index contributed by atoms with van der Waals surface area (Å²) >= 11 is 0. The van der Waals surface area contributed by atoms with Crippen molar-refractivity contribution in [3.05, 3.63) is 58.8 Å². The lowest BCUT2D eigenvalue weighted by atomic mass is 9.74. The van der Waals surface area contributed by atoms with E-state index in [4.69, 9.17) is 5.11 Å². The van der Waals surface area contributed by atoms with Crippen LogP contribution in [0.1, 0.15) is 38.2 Å². The van der Waals surface area contributed by atoms with Gasteiger partial charge in [0.05, 0.1) is 6.54 Å². The molecule has 0 radical (unpaired) electrons. The molecule has 1 amide bonds. The van der Waals surface area contributed by atoms with E-state index in [1.807, 2.05) is 6.92 Å². The average molecular weight is 347 g/mol. The largest absolute Gasteiger partial charge is 0.478 e. The highest BCUT2D eigenvalue weighted by Crippen LogP contribution is 2.50. The van der Waals surface area contributed by atoms with Crippen LogP contribution in [0.4, 0.5) is 8.78 Å². The number of carboxylic acids is 1. The van der Waals surface area contributed by atoms with Gasteiger partial charge in [0.25, 0.3) is 0 Å². The minimum atomic E-state index is -1.04.